The summed E-state index contributed by atoms with van der Waals surface area (Å²) in [5.41, 5.74) is 2.41. The van der Waals surface area contributed by atoms with E-state index in [1.54, 1.807) is 0 Å². The van der Waals surface area contributed by atoms with Gasteiger partial charge in [-0.05, 0) is 18.9 Å². The van der Waals surface area contributed by atoms with Gasteiger partial charge < -0.3 is 4.98 Å². The Kier molecular flexibility index (Phi) is 2.13. The molecule has 0 atom stereocenters. The third-order valence-corrected chi connectivity index (χ3v) is 3.43. The van der Waals surface area contributed by atoms with Gasteiger partial charge in [-0.15, -0.1) is 0 Å². The van der Waals surface area contributed by atoms with Crippen molar-refractivity contribution >= 4 is 15.9 Å². The molecule has 0 amide bonds. The lowest BCUT2D eigenvalue weighted by Gasteiger charge is -1.99. The zero-order valence-electron chi connectivity index (χ0n) is 8.20. The Labute approximate surface area is 96.9 Å². The molecule has 1 heterocycles. The second-order valence-electron chi connectivity index (χ2n) is 3.94. The van der Waals surface area contributed by atoms with Crippen LogP contribution in [0.5, 0.6) is 0 Å². The van der Waals surface area contributed by atoms with Crippen molar-refractivity contribution < 1.29 is 0 Å². The van der Waals surface area contributed by atoms with Crippen molar-refractivity contribution in [1.82, 2.24) is 9.97 Å². The van der Waals surface area contributed by atoms with Crippen LogP contribution in [0.1, 0.15) is 24.5 Å². The summed E-state index contributed by atoms with van der Waals surface area (Å²) in [6.45, 7) is 0. The van der Waals surface area contributed by atoms with Crippen molar-refractivity contribution in [2.75, 3.05) is 0 Å². The van der Waals surface area contributed by atoms with Gasteiger partial charge in [-0.1, -0.05) is 34.1 Å². The molecule has 2 aromatic rings. The van der Waals surface area contributed by atoms with Gasteiger partial charge in [-0.3, -0.25) is 0 Å². The molecule has 1 aliphatic carbocycles. The summed E-state index contributed by atoms with van der Waals surface area (Å²) in [5.74, 6) is 1.69. The predicted octanol–water partition coefficient (Wildman–Crippen LogP) is 3.72. The van der Waals surface area contributed by atoms with Gasteiger partial charge in [-0.2, -0.15) is 0 Å². The molecule has 1 aliphatic rings. The minimum atomic E-state index is 0.730. The fourth-order valence-electron chi connectivity index (χ4n) is 1.73. The van der Waals surface area contributed by atoms with Crippen molar-refractivity contribution in [2.24, 2.45) is 0 Å². The summed E-state index contributed by atoms with van der Waals surface area (Å²) in [5, 5.41) is 0. The highest BCUT2D eigenvalue weighted by molar-refractivity contribution is 9.10. The summed E-state index contributed by atoms with van der Waals surface area (Å²) >= 11 is 3.53. The molecule has 1 aromatic heterocycles. The van der Waals surface area contributed by atoms with Crippen LogP contribution in [0.4, 0.5) is 0 Å². The summed E-state index contributed by atoms with van der Waals surface area (Å²) in [7, 11) is 0. The normalized spacial score (nSPS) is 15.5. The summed E-state index contributed by atoms with van der Waals surface area (Å²) in [6, 6.07) is 8.14. The molecule has 76 valence electrons. The fourth-order valence-corrected chi connectivity index (χ4v) is 2.20. The first-order chi connectivity index (χ1) is 7.34. The van der Waals surface area contributed by atoms with Crippen LogP contribution >= 0.6 is 15.9 Å². The lowest BCUT2D eigenvalue weighted by atomic mass is 10.2. The van der Waals surface area contributed by atoms with Gasteiger partial charge in [-0.25, -0.2) is 4.98 Å². The number of hydrogen-bond acceptors (Lipinski definition) is 1. The third kappa shape index (κ3) is 1.72. The maximum atomic E-state index is 4.42. The van der Waals surface area contributed by atoms with E-state index in [2.05, 4.69) is 32.0 Å². The Morgan fingerprint density at radius 2 is 2.07 bits per heavy atom. The largest absolute Gasteiger partial charge is 0.342 e. The van der Waals surface area contributed by atoms with E-state index in [9.17, 15) is 0 Å². The van der Waals surface area contributed by atoms with E-state index >= 15 is 0 Å². The highest BCUT2D eigenvalue weighted by Gasteiger charge is 2.25. The summed E-state index contributed by atoms with van der Waals surface area (Å²) in [6.07, 6.45) is 4.57. The molecule has 3 rings (SSSR count). The number of aromatic amines is 1. The highest BCUT2D eigenvalue weighted by atomic mass is 79.9. The standard InChI is InChI=1S/C12H11BrN2/c13-10-4-2-1-3-9(10)12-14-7-11(15-12)8-5-6-8/h1-4,7-8H,5-6H2,(H,14,15). The minimum Gasteiger partial charge on any atom is -0.342 e. The summed E-state index contributed by atoms with van der Waals surface area (Å²) < 4.78 is 1.08. The number of aromatic nitrogens is 2. The smallest absolute Gasteiger partial charge is 0.138 e. The van der Waals surface area contributed by atoms with E-state index in [0.29, 0.717) is 0 Å². The molecular weight excluding hydrogens is 252 g/mol. The SMILES string of the molecule is Brc1ccccc1-c1ncc(C2CC2)[nH]1. The van der Waals surface area contributed by atoms with Crippen molar-refractivity contribution in [3.63, 3.8) is 0 Å². The maximum Gasteiger partial charge on any atom is 0.138 e. The number of H-pyrrole nitrogens is 1. The lowest BCUT2D eigenvalue weighted by molar-refractivity contribution is 1.05. The van der Waals surface area contributed by atoms with Crippen LogP contribution in [-0.2, 0) is 0 Å². The van der Waals surface area contributed by atoms with Crippen molar-refractivity contribution in [2.45, 2.75) is 18.8 Å². The molecule has 1 saturated carbocycles. The Bertz CT molecular complexity index is 486. The minimum absolute atomic E-state index is 0.730. The molecule has 0 saturated heterocycles. The molecule has 0 spiro atoms. The molecular formula is C12H11BrN2. The van der Waals surface area contributed by atoms with E-state index in [0.717, 1.165) is 21.8 Å². The van der Waals surface area contributed by atoms with Crippen LogP contribution < -0.4 is 0 Å². The average Bonchev–Trinajstić information content (AvgIpc) is 2.99. The van der Waals surface area contributed by atoms with Crippen LogP contribution in [0, 0.1) is 0 Å². The molecule has 1 fully saturated rings. The van der Waals surface area contributed by atoms with Crippen LogP contribution in [0.25, 0.3) is 11.4 Å². The van der Waals surface area contributed by atoms with Crippen LogP contribution in [0.3, 0.4) is 0 Å². The van der Waals surface area contributed by atoms with Crippen LogP contribution in [0.2, 0.25) is 0 Å². The molecule has 15 heavy (non-hydrogen) atoms. The second kappa shape index (κ2) is 3.49. The van der Waals surface area contributed by atoms with E-state index in [1.165, 1.54) is 18.5 Å². The van der Waals surface area contributed by atoms with Crippen LogP contribution in [0.15, 0.2) is 34.9 Å². The lowest BCUT2D eigenvalue weighted by Crippen LogP contribution is -1.83. The van der Waals surface area contributed by atoms with Gasteiger partial charge in [0.1, 0.15) is 5.82 Å². The molecule has 1 aromatic carbocycles. The zero-order chi connectivity index (χ0) is 10.3. The monoisotopic (exact) mass is 262 g/mol. The number of benzene rings is 1. The second-order valence-corrected chi connectivity index (χ2v) is 4.80. The molecule has 0 bridgehead atoms. The first-order valence-corrected chi connectivity index (χ1v) is 5.93. The van der Waals surface area contributed by atoms with Crippen molar-refractivity contribution in [3.05, 3.63) is 40.6 Å². The van der Waals surface area contributed by atoms with Gasteiger partial charge in [0, 0.05) is 27.8 Å². The first-order valence-electron chi connectivity index (χ1n) is 5.14. The number of nitrogens with zero attached hydrogens (tertiary/aromatic N) is 1. The Balaban J connectivity index is 2.01. The van der Waals surface area contributed by atoms with Gasteiger partial charge in [0.05, 0.1) is 0 Å². The number of halogens is 1. The zero-order valence-corrected chi connectivity index (χ0v) is 9.79. The number of nitrogens with one attached hydrogen (secondary N) is 1. The fraction of sp³-hybridized carbons (Fsp3) is 0.250. The maximum absolute atomic E-state index is 4.42. The third-order valence-electron chi connectivity index (χ3n) is 2.74. The van der Waals surface area contributed by atoms with Gasteiger partial charge in [0.15, 0.2) is 0 Å². The Morgan fingerprint density at radius 3 is 2.80 bits per heavy atom. The highest BCUT2D eigenvalue weighted by Crippen LogP contribution is 2.39. The molecule has 0 unspecified atom stereocenters. The number of rotatable bonds is 2. The first kappa shape index (κ1) is 9.16. The molecule has 1 N–H and O–H groups in total. The summed E-state index contributed by atoms with van der Waals surface area (Å²) in [4.78, 5) is 7.81. The van der Waals surface area contributed by atoms with E-state index < -0.39 is 0 Å². The quantitative estimate of drug-likeness (QED) is 0.878. The topological polar surface area (TPSA) is 28.7 Å². The molecule has 0 radical (unpaired) electrons. The average molecular weight is 263 g/mol. The molecule has 2 nitrogen and oxygen atoms in total. The van der Waals surface area contributed by atoms with Crippen molar-refractivity contribution in [3.8, 4) is 11.4 Å². The molecule has 3 heteroatoms. The molecule has 0 aliphatic heterocycles. The van der Waals surface area contributed by atoms with Gasteiger partial charge in [0.25, 0.3) is 0 Å². The van der Waals surface area contributed by atoms with E-state index in [4.69, 9.17) is 0 Å². The van der Waals surface area contributed by atoms with Gasteiger partial charge in [0.2, 0.25) is 0 Å². The van der Waals surface area contributed by atoms with Gasteiger partial charge >= 0.3 is 0 Å². The number of hydrogen-bond donors (Lipinski definition) is 1. The number of imidazole rings is 1. The van der Waals surface area contributed by atoms with Crippen LogP contribution in [-0.4, -0.2) is 9.97 Å². The van der Waals surface area contributed by atoms with Crippen molar-refractivity contribution in [1.29, 1.82) is 0 Å². The van der Waals surface area contributed by atoms with E-state index in [1.807, 2.05) is 24.4 Å². The Morgan fingerprint density at radius 1 is 1.27 bits per heavy atom. The Hall–Kier alpha value is -1.09. The van der Waals surface area contributed by atoms with E-state index in [-0.39, 0.29) is 0 Å². The predicted molar refractivity (Wildman–Crippen MR) is 63.7 cm³/mol.